The topological polar surface area (TPSA) is 75.6 Å². The molecule has 0 saturated carbocycles. The Morgan fingerprint density at radius 2 is 2.04 bits per heavy atom. The van der Waals surface area contributed by atoms with Crippen LogP contribution < -0.4 is 9.46 Å². The molecular weight excluding hydrogens is 361 g/mol. The van der Waals surface area contributed by atoms with Crippen molar-refractivity contribution in [2.24, 2.45) is 0 Å². The van der Waals surface area contributed by atoms with Crippen molar-refractivity contribution in [3.8, 4) is 5.75 Å². The van der Waals surface area contributed by atoms with Crippen LogP contribution in [0.4, 0.5) is 5.69 Å². The molecule has 8 heteroatoms. The molecule has 0 aromatic heterocycles. The number of ketones is 1. The second kappa shape index (κ2) is 7.79. The van der Waals surface area contributed by atoms with Crippen molar-refractivity contribution in [3.63, 3.8) is 0 Å². The Hall–Kier alpha value is -1.60. The van der Waals surface area contributed by atoms with E-state index in [0.29, 0.717) is 27.6 Å². The summed E-state index contributed by atoms with van der Waals surface area (Å²) in [6, 6.07) is 9.68. The number of rotatable bonds is 6. The lowest BCUT2D eigenvalue weighted by Crippen LogP contribution is -2.08. The molecule has 1 unspecified atom stereocenters. The van der Waals surface area contributed by atoms with Crippen LogP contribution in [0.1, 0.15) is 22.8 Å². The largest absolute Gasteiger partial charge is 0.487 e. The van der Waals surface area contributed by atoms with E-state index in [9.17, 15) is 9.00 Å². The molecule has 0 bridgehead atoms. The van der Waals surface area contributed by atoms with E-state index >= 15 is 0 Å². The van der Waals surface area contributed by atoms with Crippen molar-refractivity contribution >= 4 is 45.9 Å². The molecule has 122 valence electrons. The maximum atomic E-state index is 11.5. The van der Waals surface area contributed by atoms with Crippen LogP contribution in [0.3, 0.4) is 0 Å². The van der Waals surface area contributed by atoms with Gasteiger partial charge in [-0.1, -0.05) is 29.3 Å². The number of ether oxygens (including phenoxy) is 1. The lowest BCUT2D eigenvalue weighted by Gasteiger charge is -2.13. The minimum absolute atomic E-state index is 0.0424. The number of benzene rings is 2. The first-order chi connectivity index (χ1) is 10.9. The van der Waals surface area contributed by atoms with Crippen molar-refractivity contribution < 1.29 is 18.3 Å². The van der Waals surface area contributed by atoms with Gasteiger partial charge in [0.1, 0.15) is 17.4 Å². The molecule has 0 heterocycles. The highest BCUT2D eigenvalue weighted by molar-refractivity contribution is 7.80. The van der Waals surface area contributed by atoms with Crippen LogP contribution in [-0.4, -0.2) is 14.5 Å². The van der Waals surface area contributed by atoms with Gasteiger partial charge in [-0.05, 0) is 37.3 Å². The first-order valence-electron chi connectivity index (χ1n) is 6.46. The van der Waals surface area contributed by atoms with Crippen molar-refractivity contribution in [3.05, 3.63) is 57.6 Å². The van der Waals surface area contributed by atoms with E-state index in [1.807, 2.05) is 0 Å². The fourth-order valence-corrected chi connectivity index (χ4v) is 2.61. The molecule has 0 aliphatic heterocycles. The summed E-state index contributed by atoms with van der Waals surface area (Å²) < 4.78 is 27.9. The maximum absolute atomic E-state index is 11.5. The van der Waals surface area contributed by atoms with Gasteiger partial charge in [-0.3, -0.25) is 14.1 Å². The predicted octanol–water partition coefficient (Wildman–Crippen LogP) is 4.32. The first-order valence-corrected chi connectivity index (χ1v) is 8.33. The van der Waals surface area contributed by atoms with E-state index in [4.69, 9.17) is 32.5 Å². The van der Waals surface area contributed by atoms with E-state index in [0.717, 1.165) is 0 Å². The number of halogens is 2. The Labute approximate surface area is 146 Å². The monoisotopic (exact) mass is 373 g/mol. The van der Waals surface area contributed by atoms with Gasteiger partial charge in [-0.15, -0.1) is 0 Å². The zero-order chi connectivity index (χ0) is 17.0. The Kier molecular flexibility index (Phi) is 6.01. The fourth-order valence-electron chi connectivity index (χ4n) is 1.88. The van der Waals surface area contributed by atoms with Gasteiger partial charge in [0.05, 0.1) is 10.7 Å². The molecule has 0 spiro atoms. The first kappa shape index (κ1) is 17.7. The average Bonchev–Trinajstić information content (AvgIpc) is 2.49. The molecule has 2 rings (SSSR count). The molecule has 0 fully saturated rings. The third-order valence-electron chi connectivity index (χ3n) is 3.01. The van der Waals surface area contributed by atoms with E-state index in [2.05, 4.69) is 4.72 Å². The highest BCUT2D eigenvalue weighted by Crippen LogP contribution is 2.32. The van der Waals surface area contributed by atoms with Gasteiger partial charge in [-0.2, -0.15) is 0 Å². The molecule has 5 nitrogen and oxygen atoms in total. The zero-order valence-corrected chi connectivity index (χ0v) is 14.3. The smallest absolute Gasteiger partial charge is 0.259 e. The van der Waals surface area contributed by atoms with Crippen LogP contribution in [0, 0.1) is 0 Å². The predicted molar refractivity (Wildman–Crippen MR) is 91.6 cm³/mol. The molecule has 2 aromatic carbocycles. The van der Waals surface area contributed by atoms with Crippen LogP contribution >= 0.6 is 23.2 Å². The Morgan fingerprint density at radius 1 is 1.30 bits per heavy atom. The highest BCUT2D eigenvalue weighted by atomic mass is 35.5. The maximum Gasteiger partial charge on any atom is 0.259 e. The molecule has 0 aliphatic rings. The van der Waals surface area contributed by atoms with Crippen molar-refractivity contribution in [2.75, 3.05) is 4.72 Å². The zero-order valence-electron chi connectivity index (χ0n) is 12.0. The molecule has 0 saturated heterocycles. The number of carbonyl (C=O) groups is 1. The van der Waals surface area contributed by atoms with Gasteiger partial charge in [0.15, 0.2) is 5.78 Å². The number of Topliss-reactive ketones (excluding diaryl/α,β-unsaturated/α-hetero) is 1. The normalized spacial score (nSPS) is 11.8. The number of hydrogen-bond acceptors (Lipinski definition) is 3. The van der Waals surface area contributed by atoms with E-state index in [1.54, 1.807) is 36.4 Å². The van der Waals surface area contributed by atoms with Crippen LogP contribution in [0.15, 0.2) is 36.4 Å². The molecular formula is C15H13Cl2NO4S. The fraction of sp³-hybridized carbons (Fsp3) is 0.133. The molecule has 2 aromatic rings. The lowest BCUT2D eigenvalue weighted by molar-refractivity contribution is 0.101. The molecule has 1 atom stereocenters. The van der Waals surface area contributed by atoms with E-state index in [1.165, 1.54) is 6.92 Å². The molecule has 0 radical (unpaired) electrons. The van der Waals surface area contributed by atoms with E-state index in [-0.39, 0.29) is 17.4 Å². The Morgan fingerprint density at radius 3 is 2.70 bits per heavy atom. The third-order valence-corrected chi connectivity index (χ3v) is 4.20. The highest BCUT2D eigenvalue weighted by Gasteiger charge is 2.11. The minimum Gasteiger partial charge on any atom is -0.487 e. The second-order valence-electron chi connectivity index (χ2n) is 4.62. The van der Waals surface area contributed by atoms with Crippen molar-refractivity contribution in [1.29, 1.82) is 0 Å². The summed E-state index contributed by atoms with van der Waals surface area (Å²) in [4.78, 5) is 11.5. The quantitative estimate of drug-likeness (QED) is 0.583. The Bertz CT molecular complexity index is 767. The second-order valence-corrected chi connectivity index (χ2v) is 6.11. The SMILES string of the molecule is CC(=O)c1ccc(NS(=O)O)c(COc2cccc(Cl)c2Cl)c1. The number of hydrogen-bond donors (Lipinski definition) is 2. The van der Waals surface area contributed by atoms with Gasteiger partial charge in [-0.25, -0.2) is 4.21 Å². The van der Waals surface area contributed by atoms with Gasteiger partial charge in [0.2, 0.25) is 0 Å². The molecule has 0 aliphatic carbocycles. The minimum atomic E-state index is -2.24. The molecule has 2 N–H and O–H groups in total. The molecule has 0 amide bonds. The van der Waals surface area contributed by atoms with Crippen molar-refractivity contribution in [1.82, 2.24) is 0 Å². The third kappa shape index (κ3) is 4.68. The van der Waals surface area contributed by atoms with Gasteiger partial charge >= 0.3 is 0 Å². The summed E-state index contributed by atoms with van der Waals surface area (Å²) in [6.07, 6.45) is 0. The van der Waals surface area contributed by atoms with Crippen LogP contribution in [-0.2, 0) is 17.9 Å². The van der Waals surface area contributed by atoms with Crippen LogP contribution in [0.5, 0.6) is 5.75 Å². The van der Waals surface area contributed by atoms with Crippen LogP contribution in [0.2, 0.25) is 10.0 Å². The summed E-state index contributed by atoms with van der Waals surface area (Å²) in [5, 5.41) is 0.633. The number of anilines is 1. The summed E-state index contributed by atoms with van der Waals surface area (Å²) in [6.45, 7) is 1.48. The summed E-state index contributed by atoms with van der Waals surface area (Å²) >= 11 is 9.73. The van der Waals surface area contributed by atoms with Gasteiger partial charge in [0, 0.05) is 11.1 Å². The standard InChI is InChI=1S/C15H13Cl2NO4S/c1-9(19)10-5-6-13(18-23(20)21)11(7-10)8-22-14-4-2-3-12(16)15(14)17/h2-7,18H,8H2,1H3,(H,20,21). The lowest BCUT2D eigenvalue weighted by atomic mass is 10.1. The number of carbonyl (C=O) groups excluding carboxylic acids is 1. The Balaban J connectivity index is 2.29. The number of nitrogens with one attached hydrogen (secondary N) is 1. The summed E-state index contributed by atoms with van der Waals surface area (Å²) in [5.74, 6) is 0.257. The van der Waals surface area contributed by atoms with Gasteiger partial charge < -0.3 is 4.74 Å². The van der Waals surface area contributed by atoms with Crippen LogP contribution in [0.25, 0.3) is 0 Å². The van der Waals surface area contributed by atoms with Crippen molar-refractivity contribution in [2.45, 2.75) is 13.5 Å². The van der Waals surface area contributed by atoms with Gasteiger partial charge in [0.25, 0.3) is 11.3 Å². The average molecular weight is 374 g/mol. The summed E-state index contributed by atoms with van der Waals surface area (Å²) in [5.41, 5.74) is 1.39. The van der Waals surface area contributed by atoms with E-state index < -0.39 is 11.3 Å². The summed E-state index contributed by atoms with van der Waals surface area (Å²) in [7, 11) is 0. The molecule has 23 heavy (non-hydrogen) atoms.